The van der Waals surface area contributed by atoms with E-state index in [2.05, 4.69) is 5.32 Å². The normalized spacial score (nSPS) is 10.3. The van der Waals surface area contributed by atoms with Gasteiger partial charge in [0.1, 0.15) is 12.4 Å². The Hall–Kier alpha value is -3.31. The van der Waals surface area contributed by atoms with Gasteiger partial charge in [-0.1, -0.05) is 48.0 Å². The molecule has 0 atom stereocenters. The maximum absolute atomic E-state index is 12.1. The molecular formula is C23H20ClNO4. The maximum Gasteiger partial charge on any atom is 0.338 e. The monoisotopic (exact) mass is 409 g/mol. The van der Waals surface area contributed by atoms with Gasteiger partial charge in [-0.25, -0.2) is 4.79 Å². The van der Waals surface area contributed by atoms with Crippen molar-refractivity contribution in [1.29, 1.82) is 0 Å². The number of hydrogen-bond donors (Lipinski definition) is 1. The summed E-state index contributed by atoms with van der Waals surface area (Å²) in [4.78, 5) is 24.2. The highest BCUT2D eigenvalue weighted by Crippen LogP contribution is 2.22. The van der Waals surface area contributed by atoms with Gasteiger partial charge in [-0.3, -0.25) is 4.79 Å². The van der Waals surface area contributed by atoms with Crippen LogP contribution in [-0.4, -0.2) is 18.5 Å². The minimum absolute atomic E-state index is 0.337. The van der Waals surface area contributed by atoms with E-state index >= 15 is 0 Å². The number of nitrogens with one attached hydrogen (secondary N) is 1. The SMILES string of the molecule is Cc1c(Cl)cccc1NC(=O)COC(=O)c1ccc(OCc2ccccc2)cc1. The number of anilines is 1. The predicted molar refractivity (Wildman–Crippen MR) is 112 cm³/mol. The molecule has 0 bridgehead atoms. The standard InChI is InChI=1S/C23H20ClNO4/c1-16-20(24)8-5-9-21(16)25-22(26)15-29-23(27)18-10-12-19(13-11-18)28-14-17-6-3-2-4-7-17/h2-13H,14-15H2,1H3,(H,25,26). The molecule has 0 aliphatic rings. The summed E-state index contributed by atoms with van der Waals surface area (Å²) in [6.07, 6.45) is 0. The lowest BCUT2D eigenvalue weighted by molar-refractivity contribution is -0.119. The molecule has 0 radical (unpaired) electrons. The van der Waals surface area contributed by atoms with Gasteiger partial charge < -0.3 is 14.8 Å². The van der Waals surface area contributed by atoms with Gasteiger partial charge in [0, 0.05) is 10.7 Å². The van der Waals surface area contributed by atoms with Crippen molar-refractivity contribution in [3.8, 4) is 5.75 Å². The van der Waals surface area contributed by atoms with E-state index in [1.54, 1.807) is 49.4 Å². The molecule has 0 heterocycles. The molecule has 6 heteroatoms. The van der Waals surface area contributed by atoms with E-state index in [-0.39, 0.29) is 0 Å². The van der Waals surface area contributed by atoms with Crippen LogP contribution in [0.3, 0.4) is 0 Å². The van der Waals surface area contributed by atoms with Gasteiger partial charge >= 0.3 is 5.97 Å². The van der Waals surface area contributed by atoms with E-state index in [1.807, 2.05) is 30.3 Å². The first-order valence-corrected chi connectivity index (χ1v) is 9.39. The maximum atomic E-state index is 12.1. The van der Waals surface area contributed by atoms with Crippen molar-refractivity contribution in [1.82, 2.24) is 0 Å². The molecule has 3 aromatic rings. The Morgan fingerprint density at radius 2 is 1.66 bits per heavy atom. The average molecular weight is 410 g/mol. The van der Waals surface area contributed by atoms with Gasteiger partial charge in [-0.2, -0.15) is 0 Å². The van der Waals surface area contributed by atoms with Crippen molar-refractivity contribution in [3.05, 3.63) is 94.5 Å². The van der Waals surface area contributed by atoms with Gasteiger partial charge in [-0.05, 0) is 54.4 Å². The second kappa shape index (κ2) is 9.75. The fourth-order valence-corrected chi connectivity index (χ4v) is 2.75. The number of benzene rings is 3. The van der Waals surface area contributed by atoms with Crippen LogP contribution in [0.4, 0.5) is 5.69 Å². The molecule has 0 unspecified atom stereocenters. The quantitative estimate of drug-likeness (QED) is 0.556. The second-order valence-corrected chi connectivity index (χ2v) is 6.74. The lowest BCUT2D eigenvalue weighted by atomic mass is 10.2. The highest BCUT2D eigenvalue weighted by molar-refractivity contribution is 6.31. The van der Waals surface area contributed by atoms with Crippen molar-refractivity contribution in [3.63, 3.8) is 0 Å². The van der Waals surface area contributed by atoms with Crippen LogP contribution in [0.2, 0.25) is 5.02 Å². The molecule has 0 saturated carbocycles. The smallest absolute Gasteiger partial charge is 0.338 e. The highest BCUT2D eigenvalue weighted by Gasteiger charge is 2.12. The molecular weight excluding hydrogens is 390 g/mol. The molecule has 3 aromatic carbocycles. The van der Waals surface area contributed by atoms with Crippen LogP contribution in [0, 0.1) is 6.92 Å². The van der Waals surface area contributed by atoms with E-state index in [0.717, 1.165) is 11.1 Å². The van der Waals surface area contributed by atoms with E-state index in [4.69, 9.17) is 21.1 Å². The van der Waals surface area contributed by atoms with Crippen LogP contribution in [-0.2, 0) is 16.1 Å². The molecule has 0 spiro atoms. The number of amides is 1. The van der Waals surface area contributed by atoms with Crippen LogP contribution in [0.1, 0.15) is 21.5 Å². The topological polar surface area (TPSA) is 64.6 Å². The first-order valence-electron chi connectivity index (χ1n) is 9.02. The Morgan fingerprint density at radius 3 is 2.38 bits per heavy atom. The van der Waals surface area contributed by atoms with Crippen LogP contribution in [0.5, 0.6) is 5.75 Å². The van der Waals surface area contributed by atoms with Crippen molar-refractivity contribution in [2.45, 2.75) is 13.5 Å². The largest absolute Gasteiger partial charge is 0.489 e. The molecule has 5 nitrogen and oxygen atoms in total. The van der Waals surface area contributed by atoms with Crippen LogP contribution >= 0.6 is 11.6 Å². The summed E-state index contributed by atoms with van der Waals surface area (Å²) in [6, 6.07) is 21.6. The van der Waals surface area contributed by atoms with E-state index in [0.29, 0.717) is 28.6 Å². The summed E-state index contributed by atoms with van der Waals surface area (Å²) < 4.78 is 10.8. The molecule has 0 aromatic heterocycles. The summed E-state index contributed by atoms with van der Waals surface area (Å²) in [5.41, 5.74) is 2.72. The molecule has 0 fully saturated rings. The molecule has 1 amide bonds. The zero-order valence-electron chi connectivity index (χ0n) is 15.9. The van der Waals surface area contributed by atoms with Crippen molar-refractivity contribution in [2.24, 2.45) is 0 Å². The van der Waals surface area contributed by atoms with Gasteiger partial charge in [0.25, 0.3) is 5.91 Å². The number of carbonyl (C=O) groups is 2. The number of ether oxygens (including phenoxy) is 2. The minimum Gasteiger partial charge on any atom is -0.489 e. The van der Waals surface area contributed by atoms with Crippen molar-refractivity contribution >= 4 is 29.2 Å². The van der Waals surface area contributed by atoms with E-state index < -0.39 is 18.5 Å². The number of rotatable bonds is 7. The molecule has 3 rings (SSSR count). The van der Waals surface area contributed by atoms with Crippen LogP contribution in [0.15, 0.2) is 72.8 Å². The summed E-state index contributed by atoms with van der Waals surface area (Å²) in [5, 5.41) is 3.23. The molecule has 0 saturated heterocycles. The zero-order chi connectivity index (χ0) is 20.6. The molecule has 0 aliphatic heterocycles. The predicted octanol–water partition coefficient (Wildman–Crippen LogP) is 5.02. The molecule has 1 N–H and O–H groups in total. The Labute approximate surface area is 174 Å². The molecule has 148 valence electrons. The number of hydrogen-bond acceptors (Lipinski definition) is 4. The second-order valence-electron chi connectivity index (χ2n) is 6.34. The minimum atomic E-state index is -0.586. The fraction of sp³-hybridized carbons (Fsp3) is 0.130. The summed E-state index contributed by atoms with van der Waals surface area (Å²) in [5.74, 6) is -0.385. The molecule has 0 aliphatic carbocycles. The van der Waals surface area contributed by atoms with Crippen LogP contribution < -0.4 is 10.1 Å². The Balaban J connectivity index is 1.49. The average Bonchev–Trinajstić information content (AvgIpc) is 2.75. The van der Waals surface area contributed by atoms with E-state index in [9.17, 15) is 9.59 Å². The summed E-state index contributed by atoms with van der Waals surface area (Å²) in [6.45, 7) is 1.84. The lowest BCUT2D eigenvalue weighted by Gasteiger charge is -2.10. The fourth-order valence-electron chi connectivity index (χ4n) is 2.57. The van der Waals surface area contributed by atoms with Gasteiger partial charge in [-0.15, -0.1) is 0 Å². The third kappa shape index (κ3) is 5.83. The third-order valence-corrected chi connectivity index (χ3v) is 4.62. The van der Waals surface area contributed by atoms with Gasteiger partial charge in [0.2, 0.25) is 0 Å². The zero-order valence-corrected chi connectivity index (χ0v) is 16.6. The Bertz CT molecular complexity index is 988. The number of carbonyl (C=O) groups excluding carboxylic acids is 2. The van der Waals surface area contributed by atoms with Crippen molar-refractivity contribution < 1.29 is 19.1 Å². The summed E-state index contributed by atoms with van der Waals surface area (Å²) in [7, 11) is 0. The molecule has 29 heavy (non-hydrogen) atoms. The Kier molecular flexibility index (Phi) is 6.87. The first-order chi connectivity index (χ1) is 14.0. The lowest BCUT2D eigenvalue weighted by Crippen LogP contribution is -2.21. The van der Waals surface area contributed by atoms with Gasteiger partial charge in [0.05, 0.1) is 5.56 Å². The first kappa shape index (κ1) is 20.4. The highest BCUT2D eigenvalue weighted by atomic mass is 35.5. The number of halogens is 1. The van der Waals surface area contributed by atoms with Crippen LogP contribution in [0.25, 0.3) is 0 Å². The summed E-state index contributed by atoms with van der Waals surface area (Å²) >= 11 is 6.03. The Morgan fingerprint density at radius 1 is 0.931 bits per heavy atom. The number of esters is 1. The van der Waals surface area contributed by atoms with Gasteiger partial charge in [0.15, 0.2) is 6.61 Å². The van der Waals surface area contributed by atoms with Crippen molar-refractivity contribution in [2.75, 3.05) is 11.9 Å². The van der Waals surface area contributed by atoms with E-state index in [1.165, 1.54) is 0 Å². The third-order valence-electron chi connectivity index (χ3n) is 4.21.